The molecule has 2 heterocycles. The van der Waals surface area contributed by atoms with Gasteiger partial charge in [-0.3, -0.25) is 0 Å². The van der Waals surface area contributed by atoms with Crippen molar-refractivity contribution in [3.63, 3.8) is 0 Å². The Morgan fingerprint density at radius 1 is 1.32 bits per heavy atom. The zero-order valence-corrected chi connectivity index (χ0v) is 13.1. The van der Waals surface area contributed by atoms with E-state index in [2.05, 4.69) is 5.32 Å². The van der Waals surface area contributed by atoms with E-state index in [1.165, 1.54) is 0 Å². The van der Waals surface area contributed by atoms with Crippen molar-refractivity contribution in [3.05, 3.63) is 0 Å². The topological polar surface area (TPSA) is 58.6 Å². The van der Waals surface area contributed by atoms with Gasteiger partial charge in [0, 0.05) is 19.7 Å². The quantitative estimate of drug-likeness (QED) is 0.817. The largest absolute Gasteiger partial charge is 0.377 e. The first-order valence-electron chi connectivity index (χ1n) is 6.86. The third kappa shape index (κ3) is 4.86. The van der Waals surface area contributed by atoms with Gasteiger partial charge in [-0.25, -0.2) is 12.7 Å². The molecule has 0 aromatic rings. The average Bonchev–Trinajstić information content (AvgIpc) is 2.80. The summed E-state index contributed by atoms with van der Waals surface area (Å²) in [5.74, 6) is 0.622. The van der Waals surface area contributed by atoms with Crippen LogP contribution in [0.15, 0.2) is 0 Å². The van der Waals surface area contributed by atoms with Crippen LogP contribution in [0.25, 0.3) is 0 Å². The molecule has 2 unspecified atom stereocenters. The average molecular weight is 313 g/mol. The molecule has 0 spiro atoms. The molecule has 2 atom stereocenters. The Balaban J connectivity index is 0.00000180. The van der Waals surface area contributed by atoms with E-state index in [1.807, 2.05) is 7.05 Å². The Labute approximate surface area is 122 Å². The number of ether oxygens (including phenoxy) is 1. The SMILES string of the molecule is CNCC1CCN(S(=O)(=O)CC2CCCCO2)C1.Cl. The smallest absolute Gasteiger partial charge is 0.216 e. The molecule has 0 aromatic carbocycles. The van der Waals surface area contributed by atoms with Crippen LogP contribution in [0.5, 0.6) is 0 Å². The Morgan fingerprint density at radius 3 is 2.74 bits per heavy atom. The first-order valence-corrected chi connectivity index (χ1v) is 8.47. The van der Waals surface area contributed by atoms with E-state index >= 15 is 0 Å². The van der Waals surface area contributed by atoms with Crippen molar-refractivity contribution in [2.75, 3.05) is 39.0 Å². The van der Waals surface area contributed by atoms with Crippen LogP contribution >= 0.6 is 12.4 Å². The minimum atomic E-state index is -3.13. The summed E-state index contributed by atoms with van der Waals surface area (Å²) in [5.41, 5.74) is 0. The predicted octanol–water partition coefficient (Wildman–Crippen LogP) is 0.848. The molecule has 0 amide bonds. The van der Waals surface area contributed by atoms with Crippen molar-refractivity contribution >= 4 is 22.4 Å². The highest BCUT2D eigenvalue weighted by molar-refractivity contribution is 7.89. The Bertz CT molecular complexity index is 358. The molecule has 0 aliphatic carbocycles. The second kappa shape index (κ2) is 7.78. The van der Waals surface area contributed by atoms with Gasteiger partial charge >= 0.3 is 0 Å². The van der Waals surface area contributed by atoms with Crippen LogP contribution in [0.1, 0.15) is 25.7 Å². The highest BCUT2D eigenvalue weighted by Gasteiger charge is 2.33. The summed E-state index contributed by atoms with van der Waals surface area (Å²) < 4.78 is 31.7. The molecular formula is C12H25ClN2O3S. The van der Waals surface area contributed by atoms with Gasteiger partial charge in [0.05, 0.1) is 11.9 Å². The maximum atomic E-state index is 12.3. The summed E-state index contributed by atoms with van der Waals surface area (Å²) in [6.45, 7) is 2.94. The highest BCUT2D eigenvalue weighted by atomic mass is 35.5. The van der Waals surface area contributed by atoms with Crippen molar-refractivity contribution in [2.45, 2.75) is 31.8 Å². The minimum absolute atomic E-state index is 0. The van der Waals surface area contributed by atoms with Gasteiger partial charge in [0.1, 0.15) is 0 Å². The summed E-state index contributed by atoms with van der Waals surface area (Å²) in [4.78, 5) is 0. The third-order valence-corrected chi connectivity index (χ3v) is 5.72. The molecule has 0 aromatic heterocycles. The van der Waals surface area contributed by atoms with Crippen molar-refractivity contribution in [3.8, 4) is 0 Å². The summed E-state index contributed by atoms with van der Waals surface area (Å²) in [6, 6.07) is 0. The van der Waals surface area contributed by atoms with Gasteiger partial charge in [-0.2, -0.15) is 0 Å². The van der Waals surface area contributed by atoms with Gasteiger partial charge in [-0.1, -0.05) is 0 Å². The molecule has 2 aliphatic rings. The van der Waals surface area contributed by atoms with Crippen molar-refractivity contribution < 1.29 is 13.2 Å². The second-order valence-electron chi connectivity index (χ2n) is 5.34. The van der Waals surface area contributed by atoms with E-state index in [0.29, 0.717) is 25.6 Å². The van der Waals surface area contributed by atoms with E-state index < -0.39 is 10.0 Å². The summed E-state index contributed by atoms with van der Waals surface area (Å²) in [5, 5.41) is 3.12. The maximum Gasteiger partial charge on any atom is 0.216 e. The van der Waals surface area contributed by atoms with Gasteiger partial charge in [0.15, 0.2) is 0 Å². The molecule has 0 bridgehead atoms. The Kier molecular flexibility index (Phi) is 7.04. The number of hydrogen-bond acceptors (Lipinski definition) is 4. The molecule has 2 fully saturated rings. The second-order valence-corrected chi connectivity index (χ2v) is 7.35. The fourth-order valence-corrected chi connectivity index (χ4v) is 4.55. The Hall–Kier alpha value is 0.120. The number of nitrogens with zero attached hydrogens (tertiary/aromatic N) is 1. The molecule has 5 nitrogen and oxygen atoms in total. The lowest BCUT2D eigenvalue weighted by Crippen LogP contribution is -2.37. The fourth-order valence-electron chi connectivity index (χ4n) is 2.78. The zero-order valence-electron chi connectivity index (χ0n) is 11.5. The van der Waals surface area contributed by atoms with Gasteiger partial charge in [0.25, 0.3) is 0 Å². The van der Waals surface area contributed by atoms with E-state index in [1.54, 1.807) is 4.31 Å². The molecule has 0 radical (unpaired) electrons. The van der Waals surface area contributed by atoms with Crippen LogP contribution < -0.4 is 5.32 Å². The van der Waals surface area contributed by atoms with E-state index in [4.69, 9.17) is 4.74 Å². The number of nitrogens with one attached hydrogen (secondary N) is 1. The van der Waals surface area contributed by atoms with Crippen LogP contribution in [-0.2, 0) is 14.8 Å². The number of sulfonamides is 1. The molecule has 0 saturated carbocycles. The molecule has 114 valence electrons. The lowest BCUT2D eigenvalue weighted by atomic mass is 10.1. The van der Waals surface area contributed by atoms with Crippen molar-refractivity contribution in [2.24, 2.45) is 5.92 Å². The molecule has 2 saturated heterocycles. The number of hydrogen-bond donors (Lipinski definition) is 1. The highest BCUT2D eigenvalue weighted by Crippen LogP contribution is 2.22. The van der Waals surface area contributed by atoms with Crippen LogP contribution in [0, 0.1) is 5.92 Å². The lowest BCUT2D eigenvalue weighted by Gasteiger charge is -2.25. The Morgan fingerprint density at radius 2 is 2.11 bits per heavy atom. The van der Waals surface area contributed by atoms with Gasteiger partial charge in [-0.05, 0) is 45.2 Å². The standard InChI is InChI=1S/C12H24N2O3S.ClH/c1-13-8-11-5-6-14(9-11)18(15,16)10-12-4-2-3-7-17-12;/h11-13H,2-10H2,1H3;1H. The molecule has 1 N–H and O–H groups in total. The van der Waals surface area contributed by atoms with E-state index in [9.17, 15) is 8.42 Å². The van der Waals surface area contributed by atoms with Crippen molar-refractivity contribution in [1.82, 2.24) is 9.62 Å². The van der Waals surface area contributed by atoms with Crippen molar-refractivity contribution in [1.29, 1.82) is 0 Å². The summed E-state index contributed by atoms with van der Waals surface area (Å²) in [6.07, 6.45) is 3.90. The minimum Gasteiger partial charge on any atom is -0.377 e. The van der Waals surface area contributed by atoms with Crippen LogP contribution in [0.4, 0.5) is 0 Å². The predicted molar refractivity (Wildman–Crippen MR) is 78.2 cm³/mol. The summed E-state index contributed by atoms with van der Waals surface area (Å²) in [7, 11) is -1.22. The number of halogens is 1. The van der Waals surface area contributed by atoms with E-state index in [0.717, 1.165) is 32.2 Å². The monoisotopic (exact) mass is 312 g/mol. The van der Waals surface area contributed by atoms with Crippen LogP contribution in [0.3, 0.4) is 0 Å². The molecule has 2 rings (SSSR count). The molecular weight excluding hydrogens is 288 g/mol. The van der Waals surface area contributed by atoms with Gasteiger partial charge in [-0.15, -0.1) is 12.4 Å². The summed E-state index contributed by atoms with van der Waals surface area (Å²) >= 11 is 0. The zero-order chi connectivity index (χ0) is 13.0. The first kappa shape index (κ1) is 17.2. The first-order chi connectivity index (χ1) is 8.62. The third-order valence-electron chi connectivity index (χ3n) is 3.81. The van der Waals surface area contributed by atoms with E-state index in [-0.39, 0.29) is 24.3 Å². The lowest BCUT2D eigenvalue weighted by molar-refractivity contribution is 0.0299. The maximum absolute atomic E-state index is 12.3. The van der Waals surface area contributed by atoms with Gasteiger partial charge in [0.2, 0.25) is 10.0 Å². The fraction of sp³-hybridized carbons (Fsp3) is 1.00. The molecule has 7 heteroatoms. The molecule has 2 aliphatic heterocycles. The van der Waals surface area contributed by atoms with Crippen LogP contribution in [-0.4, -0.2) is 57.9 Å². The van der Waals surface area contributed by atoms with Crippen LogP contribution in [0.2, 0.25) is 0 Å². The van der Waals surface area contributed by atoms with Gasteiger partial charge < -0.3 is 10.1 Å². The molecule has 19 heavy (non-hydrogen) atoms. The number of rotatable bonds is 5. The normalized spacial score (nSPS) is 29.1.